The van der Waals surface area contributed by atoms with Gasteiger partial charge in [0, 0.05) is 38.4 Å². The van der Waals surface area contributed by atoms with Crippen molar-refractivity contribution in [1.82, 2.24) is 19.8 Å². The largest absolute Gasteiger partial charge is 0.450 e. The van der Waals surface area contributed by atoms with Gasteiger partial charge in [-0.25, -0.2) is 14.8 Å². The minimum Gasteiger partial charge on any atom is -0.450 e. The van der Waals surface area contributed by atoms with E-state index in [-0.39, 0.29) is 12.0 Å². The number of carbonyl (C=O) groups excluding carboxylic acids is 2. The van der Waals surface area contributed by atoms with Crippen molar-refractivity contribution in [3.05, 3.63) is 52.8 Å². The second-order valence-corrected chi connectivity index (χ2v) is 6.98. The Balaban J connectivity index is 1.64. The van der Waals surface area contributed by atoms with Gasteiger partial charge in [0.15, 0.2) is 0 Å². The molecule has 2 amide bonds. The minimum absolute atomic E-state index is 0.155. The van der Waals surface area contributed by atoms with E-state index in [1.807, 2.05) is 25.1 Å². The highest BCUT2D eigenvalue weighted by Gasteiger charge is 2.26. The summed E-state index contributed by atoms with van der Waals surface area (Å²) in [5.41, 5.74) is 3.42. The summed E-state index contributed by atoms with van der Waals surface area (Å²) in [6.45, 7) is 8.41. The van der Waals surface area contributed by atoms with Crippen LogP contribution in [0.15, 0.2) is 30.3 Å². The zero-order chi connectivity index (χ0) is 20.8. The molecule has 2 aromatic rings. The first kappa shape index (κ1) is 20.6. The molecule has 1 aromatic carbocycles. The summed E-state index contributed by atoms with van der Waals surface area (Å²) in [5, 5.41) is 3.21. The predicted octanol–water partition coefficient (Wildman–Crippen LogP) is 2.62. The number of nitrogens with one attached hydrogen (secondary N) is 1. The number of nitrogens with zero attached hydrogens (tertiary/aromatic N) is 4. The molecular formula is C21H27N5O3. The summed E-state index contributed by atoms with van der Waals surface area (Å²) < 4.78 is 5.02. The van der Waals surface area contributed by atoms with Crippen molar-refractivity contribution < 1.29 is 14.3 Å². The van der Waals surface area contributed by atoms with Crippen LogP contribution in [0.1, 0.15) is 34.2 Å². The fourth-order valence-corrected chi connectivity index (χ4v) is 3.21. The van der Waals surface area contributed by atoms with Gasteiger partial charge in [-0.3, -0.25) is 4.79 Å². The monoisotopic (exact) mass is 397 g/mol. The average molecular weight is 397 g/mol. The number of hydrogen-bond donors (Lipinski definition) is 1. The summed E-state index contributed by atoms with van der Waals surface area (Å²) in [4.78, 5) is 36.9. The van der Waals surface area contributed by atoms with Crippen LogP contribution in [0.3, 0.4) is 0 Å². The van der Waals surface area contributed by atoms with Gasteiger partial charge >= 0.3 is 6.09 Å². The van der Waals surface area contributed by atoms with Crippen LogP contribution < -0.4 is 5.32 Å². The number of benzene rings is 1. The number of rotatable bonds is 5. The number of hydrogen-bond acceptors (Lipinski definition) is 6. The third kappa shape index (κ3) is 5.22. The average Bonchev–Trinajstić information content (AvgIpc) is 2.72. The Kier molecular flexibility index (Phi) is 6.64. The molecule has 154 valence electrons. The van der Waals surface area contributed by atoms with Crippen LogP contribution in [0, 0.1) is 13.8 Å². The van der Waals surface area contributed by atoms with Crippen LogP contribution in [0.2, 0.25) is 0 Å². The highest BCUT2D eigenvalue weighted by atomic mass is 16.6. The van der Waals surface area contributed by atoms with Crippen LogP contribution in [0.5, 0.6) is 0 Å². The quantitative estimate of drug-likeness (QED) is 0.835. The lowest BCUT2D eigenvalue weighted by molar-refractivity contribution is 0.0566. The Hall–Kier alpha value is -3.16. The van der Waals surface area contributed by atoms with Gasteiger partial charge in [-0.2, -0.15) is 0 Å². The molecule has 8 nitrogen and oxygen atoms in total. The van der Waals surface area contributed by atoms with E-state index < -0.39 is 0 Å². The van der Waals surface area contributed by atoms with Gasteiger partial charge in [-0.15, -0.1) is 0 Å². The van der Waals surface area contributed by atoms with Gasteiger partial charge in [-0.05, 0) is 38.0 Å². The van der Waals surface area contributed by atoms with Gasteiger partial charge in [-0.1, -0.05) is 24.3 Å². The van der Waals surface area contributed by atoms with Gasteiger partial charge in [0.2, 0.25) is 5.95 Å². The van der Waals surface area contributed by atoms with E-state index in [2.05, 4.69) is 28.3 Å². The highest BCUT2D eigenvalue weighted by molar-refractivity contribution is 5.92. The minimum atomic E-state index is -0.333. The van der Waals surface area contributed by atoms with Crippen LogP contribution in [0.4, 0.5) is 10.7 Å². The Morgan fingerprint density at radius 3 is 2.45 bits per heavy atom. The second kappa shape index (κ2) is 9.36. The molecule has 0 aliphatic carbocycles. The van der Waals surface area contributed by atoms with Crippen molar-refractivity contribution in [2.75, 3.05) is 38.1 Å². The third-order valence-corrected chi connectivity index (χ3v) is 4.86. The third-order valence-electron chi connectivity index (χ3n) is 4.86. The van der Waals surface area contributed by atoms with E-state index in [0.29, 0.717) is 51.0 Å². The maximum atomic E-state index is 12.9. The molecule has 0 bridgehead atoms. The smallest absolute Gasteiger partial charge is 0.409 e. The summed E-state index contributed by atoms with van der Waals surface area (Å²) in [6.07, 6.45) is -0.333. The standard InChI is InChI=1S/C21H27N5O3/c1-4-29-21(28)26-11-9-25(10-12-26)19(27)18-13-16(3)23-20(24-18)22-14-17-8-6-5-7-15(17)2/h5-8,13H,4,9-12,14H2,1-3H3,(H,22,23,24). The second-order valence-electron chi connectivity index (χ2n) is 6.98. The molecule has 2 heterocycles. The Labute approximate surface area is 170 Å². The van der Waals surface area contributed by atoms with Gasteiger partial charge in [0.25, 0.3) is 5.91 Å². The van der Waals surface area contributed by atoms with Crippen LogP contribution in [-0.2, 0) is 11.3 Å². The SMILES string of the molecule is CCOC(=O)N1CCN(C(=O)c2cc(C)nc(NCc3ccccc3C)n2)CC1. The Bertz CT molecular complexity index is 878. The molecule has 0 saturated carbocycles. The molecule has 8 heteroatoms. The number of amides is 2. The molecule has 3 rings (SSSR count). The number of aryl methyl sites for hydroxylation is 2. The van der Waals surface area contributed by atoms with E-state index in [4.69, 9.17) is 4.74 Å². The number of anilines is 1. The van der Waals surface area contributed by atoms with Gasteiger partial charge < -0.3 is 19.9 Å². The zero-order valence-electron chi connectivity index (χ0n) is 17.1. The first-order valence-corrected chi connectivity index (χ1v) is 9.83. The Morgan fingerprint density at radius 2 is 1.76 bits per heavy atom. The highest BCUT2D eigenvalue weighted by Crippen LogP contribution is 2.13. The van der Waals surface area contributed by atoms with Crippen molar-refractivity contribution in [1.29, 1.82) is 0 Å². The zero-order valence-corrected chi connectivity index (χ0v) is 17.1. The van der Waals surface area contributed by atoms with E-state index in [9.17, 15) is 9.59 Å². The summed E-state index contributed by atoms with van der Waals surface area (Å²) >= 11 is 0. The van der Waals surface area contributed by atoms with Crippen LogP contribution in [0.25, 0.3) is 0 Å². The molecule has 0 unspecified atom stereocenters. The molecule has 1 fully saturated rings. The summed E-state index contributed by atoms with van der Waals surface area (Å²) in [5.74, 6) is 0.278. The lowest BCUT2D eigenvalue weighted by Crippen LogP contribution is -2.50. The predicted molar refractivity (Wildman–Crippen MR) is 110 cm³/mol. The topological polar surface area (TPSA) is 87.7 Å². The molecule has 0 radical (unpaired) electrons. The number of piperazine rings is 1. The van der Waals surface area contributed by atoms with Gasteiger partial charge in [0.1, 0.15) is 5.69 Å². The molecule has 1 saturated heterocycles. The van der Waals surface area contributed by atoms with E-state index >= 15 is 0 Å². The number of aromatic nitrogens is 2. The number of ether oxygens (including phenoxy) is 1. The normalized spacial score (nSPS) is 13.9. The first-order chi connectivity index (χ1) is 14.0. The van der Waals surface area contributed by atoms with Crippen molar-refractivity contribution in [2.24, 2.45) is 0 Å². The van der Waals surface area contributed by atoms with E-state index in [1.165, 1.54) is 5.56 Å². The fraction of sp³-hybridized carbons (Fsp3) is 0.429. The fourth-order valence-electron chi connectivity index (χ4n) is 3.21. The maximum Gasteiger partial charge on any atom is 0.409 e. The van der Waals surface area contributed by atoms with Crippen molar-refractivity contribution in [3.63, 3.8) is 0 Å². The van der Waals surface area contributed by atoms with Crippen molar-refractivity contribution in [2.45, 2.75) is 27.3 Å². The van der Waals surface area contributed by atoms with E-state index in [0.717, 1.165) is 11.3 Å². The molecule has 0 spiro atoms. The molecule has 29 heavy (non-hydrogen) atoms. The van der Waals surface area contributed by atoms with Crippen LogP contribution >= 0.6 is 0 Å². The van der Waals surface area contributed by atoms with Crippen molar-refractivity contribution >= 4 is 17.9 Å². The molecule has 0 atom stereocenters. The Morgan fingerprint density at radius 1 is 1.07 bits per heavy atom. The van der Waals surface area contributed by atoms with Gasteiger partial charge in [0.05, 0.1) is 6.61 Å². The molecular weight excluding hydrogens is 370 g/mol. The molecule has 1 N–H and O–H groups in total. The first-order valence-electron chi connectivity index (χ1n) is 9.83. The molecule has 1 aliphatic heterocycles. The van der Waals surface area contributed by atoms with E-state index in [1.54, 1.807) is 22.8 Å². The lowest BCUT2D eigenvalue weighted by Gasteiger charge is -2.33. The summed E-state index contributed by atoms with van der Waals surface area (Å²) in [7, 11) is 0. The molecule has 1 aromatic heterocycles. The van der Waals surface area contributed by atoms with Crippen LogP contribution in [-0.4, -0.2) is 64.6 Å². The summed E-state index contributed by atoms with van der Waals surface area (Å²) in [6, 6.07) is 9.79. The van der Waals surface area contributed by atoms with Crippen molar-refractivity contribution in [3.8, 4) is 0 Å². The molecule has 1 aliphatic rings. The maximum absolute atomic E-state index is 12.9. The lowest BCUT2D eigenvalue weighted by atomic mass is 10.1. The number of carbonyl (C=O) groups is 2.